The number of esters is 2. The van der Waals surface area contributed by atoms with Crippen molar-refractivity contribution >= 4 is 261 Å². The third kappa shape index (κ3) is 104. The molecule has 0 aliphatic rings. The van der Waals surface area contributed by atoms with Crippen molar-refractivity contribution in [3.8, 4) is 23.0 Å². The molecule has 3 aromatic heterocycles. The fourth-order valence-electron chi connectivity index (χ4n) is 6.89. The quantitative estimate of drug-likeness (QED) is 0.00993. The van der Waals surface area contributed by atoms with Gasteiger partial charge < -0.3 is 58.4 Å². The molecule has 10 rings (SSSR count). The number of aromatic hydroxyl groups is 2. The van der Waals surface area contributed by atoms with Crippen molar-refractivity contribution in [3.63, 3.8) is 0 Å². The first-order valence-corrected chi connectivity index (χ1v) is 39.2. The number of aldehydes is 4. The number of halogens is 8. The van der Waals surface area contributed by atoms with Crippen LogP contribution >= 0.6 is 182 Å². The Labute approximate surface area is 1110 Å². The molecule has 18 nitrogen and oxygen atoms in total. The minimum absolute atomic E-state index is 0. The Kier molecular flexibility index (Phi) is 210. The van der Waals surface area contributed by atoms with Gasteiger partial charge >= 0.3 is 30.8 Å². The zero-order valence-corrected chi connectivity index (χ0v) is 96.4. The smallest absolute Gasteiger partial charge is 1.00 e. The van der Waals surface area contributed by atoms with Crippen LogP contribution in [0.2, 0.25) is 0 Å². The molecule has 3 N–H and O–H groups in total. The van der Waals surface area contributed by atoms with Crippen LogP contribution in [0.1, 0.15) is 215 Å². The number of para-hydroxylation sites is 7. The molecule has 0 aliphatic heterocycles. The molecule has 0 atom stereocenters. The van der Waals surface area contributed by atoms with Gasteiger partial charge in [0, 0.05) is 307 Å². The van der Waals surface area contributed by atoms with Gasteiger partial charge in [0.25, 0.3) is 0 Å². The van der Waals surface area contributed by atoms with E-state index in [0.717, 1.165) is 57.7 Å². The maximum atomic E-state index is 11.1. The van der Waals surface area contributed by atoms with E-state index in [1.165, 1.54) is 63.8 Å². The van der Waals surface area contributed by atoms with Gasteiger partial charge in [-0.15, -0.1) is 150 Å². The summed E-state index contributed by atoms with van der Waals surface area (Å²) in [4.78, 5) is 63.1. The van der Waals surface area contributed by atoms with E-state index in [4.69, 9.17) is 47.5 Å². The Hall–Kier alpha value is 4.41. The molecule has 10 aromatic rings. The molecule has 7 aromatic carbocycles. The summed E-state index contributed by atoms with van der Waals surface area (Å²) in [5, 5.41) is 29.7. The first-order valence-electron chi connectivity index (χ1n) is 36.1. The first kappa shape index (κ1) is 186. The van der Waals surface area contributed by atoms with Crippen LogP contribution in [0.3, 0.4) is 0 Å². The molecular weight excluding hydrogens is 2650 g/mol. The molecule has 0 saturated carbocycles. The fourth-order valence-corrected chi connectivity index (χ4v) is 7.40. The van der Waals surface area contributed by atoms with Gasteiger partial charge in [0.1, 0.15) is 57.9 Å². The zero-order valence-electron chi connectivity index (χ0n) is 74.8. The molecule has 0 unspecified atom stereocenters. The van der Waals surface area contributed by atoms with E-state index in [2.05, 4.69) is 156 Å². The molecule has 0 saturated heterocycles. The first-order chi connectivity index (χ1) is 52.8. The van der Waals surface area contributed by atoms with Crippen LogP contribution in [-0.4, -0.2) is 119 Å². The number of carbonyl (C=O) groups excluding carboxylic acids is 6. The molecule has 0 amide bonds. The number of phenolic OH excluding ortho intramolecular Hbond substituents is 2. The van der Waals surface area contributed by atoms with Crippen LogP contribution in [0.15, 0.2) is 226 Å². The predicted molar refractivity (Wildman–Crippen MR) is 573 cm³/mol. The summed E-state index contributed by atoms with van der Waals surface area (Å²) in [5.41, 5.74) is 4.12. The summed E-state index contributed by atoms with van der Waals surface area (Å²) in [6.45, 7) is 31.9. The number of aliphatic hydroxyl groups is 1. The summed E-state index contributed by atoms with van der Waals surface area (Å²) in [7, 11) is 4.21. The Bertz CT molecular complexity index is 3770. The van der Waals surface area contributed by atoms with Gasteiger partial charge in [-0.25, -0.2) is 9.59 Å². The van der Waals surface area contributed by atoms with Crippen LogP contribution in [0.5, 0.6) is 23.0 Å². The number of methoxy groups -OCH3 is 3. The number of hydrogen-bond acceptors (Lipinski definition) is 18. The van der Waals surface area contributed by atoms with Crippen molar-refractivity contribution in [1.82, 2.24) is 0 Å². The van der Waals surface area contributed by atoms with E-state index in [1.807, 2.05) is 97.7 Å². The molecule has 0 bridgehead atoms. The molecule has 0 fully saturated rings. The molecule has 3 radical (unpaired) electrons. The van der Waals surface area contributed by atoms with Gasteiger partial charge in [-0.2, -0.15) is 0 Å². The van der Waals surface area contributed by atoms with Crippen molar-refractivity contribution in [2.45, 2.75) is 163 Å². The molecule has 35 heteroatoms. The minimum Gasteiger partial charge on any atom is -1.00 e. The van der Waals surface area contributed by atoms with Crippen LogP contribution in [0, 0.1) is 264 Å². The maximum Gasteiger partial charge on any atom is 1.00 e. The van der Waals surface area contributed by atoms with Crippen molar-refractivity contribution in [2.75, 3.05) is 58.2 Å². The second kappa shape index (κ2) is 142. The number of allylic oxidation sites excluding steroid dienone is 3. The molecule has 126 heavy (non-hydrogen) atoms. The SMILES string of the molecule is C.C.C/C=C/CI.C=CCC.CBr.CCC.CCC.CCC.CCC.CCC.CCCc1cc2ccccc2o1.COC(=O)COc1ccccc1C=O.COC(=O)c1cc2ccccc2o1.COCCOCOc1ccccc1C=O.I.I.I.I.I.I.O=Cc1ccccc1O.O=Cc1ccccc1O.OCc1cc2ccccc2o1.[Ar].[Ar].[Ar].[Ar].[Ar].[Ar].[Ar].[B].[H-].[Li+]. The Morgan fingerprint density at radius 1 is 0.468 bits per heavy atom. The Balaban J connectivity index is -0.0000000443. The maximum absolute atomic E-state index is 11.1. The van der Waals surface area contributed by atoms with Crippen LogP contribution in [0.4, 0.5) is 0 Å². The van der Waals surface area contributed by atoms with Gasteiger partial charge in [0.05, 0.1) is 49.7 Å². The van der Waals surface area contributed by atoms with E-state index in [1.54, 1.807) is 98.1 Å². The number of fused-ring (bicyclic) bond motifs is 3. The second-order valence-electron chi connectivity index (χ2n) is 21.7. The second-order valence-corrected chi connectivity index (χ2v) is 22.6. The van der Waals surface area contributed by atoms with E-state index >= 15 is 0 Å². The molecule has 0 aliphatic carbocycles. The van der Waals surface area contributed by atoms with Crippen LogP contribution < -0.4 is 28.3 Å². The predicted octanol–water partition coefficient (Wildman–Crippen LogP) is 25.9. The number of ether oxygens (including phenoxy) is 6. The van der Waals surface area contributed by atoms with Gasteiger partial charge in [-0.05, 0) is 111 Å². The number of phenols is 2. The van der Waals surface area contributed by atoms with E-state index < -0.39 is 11.9 Å². The summed E-state index contributed by atoms with van der Waals surface area (Å²) < 4.78 is 46.4. The van der Waals surface area contributed by atoms with Gasteiger partial charge in [0.15, 0.2) is 38.5 Å². The summed E-state index contributed by atoms with van der Waals surface area (Å²) in [6.07, 6.45) is 18.2. The number of aryl methyl sites for hydroxylation is 1. The van der Waals surface area contributed by atoms with Gasteiger partial charge in [0.2, 0.25) is 5.76 Å². The van der Waals surface area contributed by atoms with Crippen LogP contribution in [0.25, 0.3) is 32.9 Å². The minimum atomic E-state index is -0.481. The fraction of sp³-hybridized carbons (Fsp3) is 0.363. The van der Waals surface area contributed by atoms with Crippen molar-refractivity contribution in [2.24, 2.45) is 0 Å². The zero-order chi connectivity index (χ0) is 83.1. The topological polar surface area (TPSA) is 258 Å². The van der Waals surface area contributed by atoms with E-state index in [-0.39, 0.29) is 489 Å². The average molecular weight is 2780 g/mol. The number of alkyl halides is 2. The summed E-state index contributed by atoms with van der Waals surface area (Å²) in [6, 6.07) is 55.4. The summed E-state index contributed by atoms with van der Waals surface area (Å²) in [5.74, 6) is 3.82. The molecule has 0 spiro atoms. The van der Waals surface area contributed by atoms with Crippen LogP contribution in [-0.2, 0) is 36.8 Å². The Morgan fingerprint density at radius 3 is 1.06 bits per heavy atom. The summed E-state index contributed by atoms with van der Waals surface area (Å²) >= 11 is 5.24. The third-order valence-corrected chi connectivity index (χ3v) is 12.1. The molecule has 725 valence electrons. The average Bonchev–Trinajstić information content (AvgIpc) is 1.62. The normalized spacial score (nSPS) is 7.84. The van der Waals surface area contributed by atoms with Gasteiger partial charge in [-0.1, -0.05) is 290 Å². The molecular formula is C91H137Ar7BBrI7LiO18. The number of aliphatic hydroxyl groups excluding tert-OH is 1. The number of rotatable bonds is 19. The third-order valence-electron chi connectivity index (χ3n) is 11.6. The van der Waals surface area contributed by atoms with Crippen molar-refractivity contribution in [3.05, 3.63) is 252 Å². The van der Waals surface area contributed by atoms with E-state index in [9.17, 15) is 28.8 Å². The van der Waals surface area contributed by atoms with E-state index in [0.29, 0.717) is 77.2 Å². The number of furan rings is 3. The Morgan fingerprint density at radius 2 is 0.778 bits per heavy atom. The largest absolute Gasteiger partial charge is 1.00 e. The standard InChI is InChI=1S/C11H14O4.C11H12O.C10H10O4.C10H8O3.C9H8O2.2C7H6O2.C4H7I.C4H8.5C3H8.CH3Br.2CH4.7Ar.B.6HI.Li.H/c1-13-6-7-14-9-15-11-5-3-2-4-10(11)8-12;1-2-5-10-8-9-6-3-4-7-11(9)12-10;1-13-10(12)7-14-9-5-3-2-4-8(9)6-11;1-12-10(11)9-6-7-4-2-3-5-8(7)13-9;10-6-8-5-7-3-1-2-4-9(7)11-8;2*8-5-6-3-1-2-4-7(6)9;1-2-3-4-5;1-3-4-2;5*1-3-2;1-2;;;;;;;;;;;;;;;;;;/h2-5,8H,6-7,9H2,1H3;3-4,6-8H,2,5H2,1H3;2-6H,7H2,1H3;2-6H,1H3;1-5,10H,6H2;2*1-5,9H;2-3H,4H2,1H3;3H,1,4H2,2H3;5*3H2,1-2H3;1H3;2*1H4;;;;;;;;;6*1H;;/q;;;;;;;;;;;;;;;;;;;;;;;;;;;;;;;+1;-1/b;;;;;;;3-2+;;;;;;;;;;;;;;;;;;;;;;;;;. The van der Waals surface area contributed by atoms with Crippen molar-refractivity contribution in [1.29, 1.82) is 0 Å². The van der Waals surface area contributed by atoms with Crippen molar-refractivity contribution < 1.29 is 370 Å². The number of carbonyl (C=O) groups is 6. The number of hydrogen-bond donors (Lipinski definition) is 3. The van der Waals surface area contributed by atoms with Gasteiger partial charge in [-0.3, -0.25) is 19.2 Å². The number of benzene rings is 7. The monoisotopic (exact) mass is 2780 g/mol. The molecule has 3 heterocycles.